The number of thiazole rings is 1. The molecule has 130 valence electrons. The van der Waals surface area contributed by atoms with E-state index in [1.165, 1.54) is 11.3 Å². The van der Waals surface area contributed by atoms with E-state index in [4.69, 9.17) is 9.72 Å². The molecule has 1 aromatic carbocycles. The number of carbonyl (C=O) groups excluding carboxylic acids is 1. The third-order valence-corrected chi connectivity index (χ3v) is 5.67. The molecule has 4 rings (SSSR count). The fourth-order valence-electron chi connectivity index (χ4n) is 3.38. The van der Waals surface area contributed by atoms with E-state index in [0.29, 0.717) is 13.1 Å². The number of hydrogen-bond acceptors (Lipinski definition) is 4. The van der Waals surface area contributed by atoms with Crippen LogP contribution < -0.4 is 0 Å². The molecule has 6 heteroatoms. The maximum absolute atomic E-state index is 13.0. The minimum atomic E-state index is 0.0711. The number of benzene rings is 1. The maximum atomic E-state index is 13.0. The molecule has 2 aromatic heterocycles. The van der Waals surface area contributed by atoms with Gasteiger partial charge in [0.2, 0.25) is 0 Å². The number of fused-ring (bicyclic) bond motifs is 1. The fraction of sp³-hybridized carbons (Fsp3) is 0.368. The van der Waals surface area contributed by atoms with E-state index in [0.717, 1.165) is 26.8 Å². The van der Waals surface area contributed by atoms with Crippen LogP contribution in [0.3, 0.4) is 0 Å². The highest BCUT2D eigenvalue weighted by atomic mass is 32.1. The second-order valence-electron chi connectivity index (χ2n) is 6.63. The van der Waals surface area contributed by atoms with Gasteiger partial charge in [-0.05, 0) is 20.8 Å². The number of carbonyl (C=O) groups is 1. The lowest BCUT2D eigenvalue weighted by Crippen LogP contribution is -2.48. The number of aromatic nitrogens is 2. The zero-order valence-corrected chi connectivity index (χ0v) is 15.4. The molecule has 5 nitrogen and oxygen atoms in total. The highest BCUT2D eigenvalue weighted by Crippen LogP contribution is 2.28. The third-order valence-electron chi connectivity index (χ3n) is 4.53. The van der Waals surface area contributed by atoms with E-state index in [1.807, 2.05) is 66.6 Å². The van der Waals surface area contributed by atoms with Crippen LogP contribution in [0, 0.1) is 6.92 Å². The number of morpholine rings is 1. The van der Waals surface area contributed by atoms with Crippen molar-refractivity contribution in [2.75, 3.05) is 13.1 Å². The average Bonchev–Trinajstić information content (AvgIpc) is 3.14. The minimum absolute atomic E-state index is 0.0711. The van der Waals surface area contributed by atoms with Crippen molar-refractivity contribution in [3.63, 3.8) is 0 Å². The molecule has 1 saturated heterocycles. The van der Waals surface area contributed by atoms with Crippen molar-refractivity contribution in [2.45, 2.75) is 33.0 Å². The molecule has 0 N–H and O–H groups in total. The Bertz CT molecular complexity index is 906. The van der Waals surface area contributed by atoms with Gasteiger partial charge in [-0.1, -0.05) is 41.7 Å². The van der Waals surface area contributed by atoms with Gasteiger partial charge in [-0.2, -0.15) is 0 Å². The Balaban J connectivity index is 1.66. The molecular formula is C19H21N3O2S. The maximum Gasteiger partial charge on any atom is 0.266 e. The van der Waals surface area contributed by atoms with Gasteiger partial charge in [0.25, 0.3) is 5.91 Å². The molecule has 0 spiro atoms. The smallest absolute Gasteiger partial charge is 0.266 e. The van der Waals surface area contributed by atoms with Crippen LogP contribution in [0.5, 0.6) is 0 Å². The molecule has 3 heterocycles. The number of nitrogens with zero attached hydrogens (tertiary/aromatic N) is 3. The topological polar surface area (TPSA) is 46.8 Å². The van der Waals surface area contributed by atoms with E-state index >= 15 is 0 Å². The summed E-state index contributed by atoms with van der Waals surface area (Å²) < 4.78 is 7.75. The van der Waals surface area contributed by atoms with Crippen molar-refractivity contribution in [1.82, 2.24) is 14.3 Å². The number of amides is 1. The molecule has 2 atom stereocenters. The predicted octanol–water partition coefficient (Wildman–Crippen LogP) is 3.62. The Hall–Kier alpha value is -2.18. The Morgan fingerprint density at radius 1 is 1.20 bits per heavy atom. The van der Waals surface area contributed by atoms with Gasteiger partial charge in [-0.15, -0.1) is 0 Å². The molecule has 0 aliphatic carbocycles. The molecular weight excluding hydrogens is 334 g/mol. The third kappa shape index (κ3) is 2.96. The van der Waals surface area contributed by atoms with E-state index in [-0.39, 0.29) is 18.1 Å². The van der Waals surface area contributed by atoms with Crippen molar-refractivity contribution in [3.05, 3.63) is 47.1 Å². The first-order chi connectivity index (χ1) is 12.0. The van der Waals surface area contributed by atoms with E-state index in [2.05, 4.69) is 0 Å². The minimum Gasteiger partial charge on any atom is -0.372 e. The zero-order valence-electron chi connectivity index (χ0n) is 14.6. The van der Waals surface area contributed by atoms with Crippen molar-refractivity contribution in [3.8, 4) is 11.3 Å². The molecule has 0 bridgehead atoms. The van der Waals surface area contributed by atoms with Crippen molar-refractivity contribution in [2.24, 2.45) is 0 Å². The Morgan fingerprint density at radius 3 is 2.52 bits per heavy atom. The van der Waals surface area contributed by atoms with Gasteiger partial charge >= 0.3 is 0 Å². The quantitative estimate of drug-likeness (QED) is 0.705. The zero-order chi connectivity index (χ0) is 17.6. The van der Waals surface area contributed by atoms with Crippen molar-refractivity contribution < 1.29 is 9.53 Å². The van der Waals surface area contributed by atoms with Gasteiger partial charge in [0, 0.05) is 30.5 Å². The summed E-state index contributed by atoms with van der Waals surface area (Å²) in [4.78, 5) is 21.2. The Kier molecular flexibility index (Phi) is 4.09. The second kappa shape index (κ2) is 6.28. The first kappa shape index (κ1) is 16.3. The van der Waals surface area contributed by atoms with E-state index in [1.54, 1.807) is 0 Å². The molecule has 1 aliphatic heterocycles. The molecule has 1 amide bonds. The van der Waals surface area contributed by atoms with Crippen LogP contribution in [0.1, 0.15) is 29.2 Å². The summed E-state index contributed by atoms with van der Waals surface area (Å²) in [5.41, 5.74) is 2.97. The number of ether oxygens (including phenoxy) is 1. The van der Waals surface area contributed by atoms with Crippen LogP contribution in [0.4, 0.5) is 0 Å². The molecule has 0 radical (unpaired) electrons. The Morgan fingerprint density at radius 2 is 1.88 bits per heavy atom. The predicted molar refractivity (Wildman–Crippen MR) is 99.2 cm³/mol. The normalized spacial score (nSPS) is 21.0. The van der Waals surface area contributed by atoms with Crippen LogP contribution in [-0.2, 0) is 4.74 Å². The molecule has 1 fully saturated rings. The monoisotopic (exact) mass is 355 g/mol. The van der Waals surface area contributed by atoms with Gasteiger partial charge in [-0.3, -0.25) is 9.20 Å². The van der Waals surface area contributed by atoms with E-state index < -0.39 is 0 Å². The standard InChI is InChI=1S/C19H21N3O2S/c1-12-9-21(10-13(2)24-12)18(23)17-14(3)22-11-16(20-19(22)25-17)15-7-5-4-6-8-15/h4-8,11-13H,9-10H2,1-3H3/t12-,13-/m0/s1. The van der Waals surface area contributed by atoms with Gasteiger partial charge in [-0.25, -0.2) is 4.98 Å². The SMILES string of the molecule is Cc1c(C(=O)N2C[C@H](C)O[C@@H](C)C2)sc2nc(-c3ccccc3)cn12. The van der Waals surface area contributed by atoms with Crippen LogP contribution in [-0.4, -0.2) is 45.5 Å². The summed E-state index contributed by atoms with van der Waals surface area (Å²) in [6.07, 6.45) is 2.15. The summed E-state index contributed by atoms with van der Waals surface area (Å²) in [7, 11) is 0. The Labute approximate surface area is 150 Å². The van der Waals surface area contributed by atoms with Gasteiger partial charge in [0.15, 0.2) is 4.96 Å². The van der Waals surface area contributed by atoms with Crippen molar-refractivity contribution in [1.29, 1.82) is 0 Å². The molecule has 3 aromatic rings. The van der Waals surface area contributed by atoms with Gasteiger partial charge in [0.1, 0.15) is 4.88 Å². The molecule has 0 saturated carbocycles. The number of imidazole rings is 1. The van der Waals surface area contributed by atoms with Crippen LogP contribution >= 0.6 is 11.3 Å². The summed E-state index contributed by atoms with van der Waals surface area (Å²) >= 11 is 1.46. The molecule has 25 heavy (non-hydrogen) atoms. The lowest BCUT2D eigenvalue weighted by Gasteiger charge is -2.35. The first-order valence-corrected chi connectivity index (χ1v) is 9.33. The summed E-state index contributed by atoms with van der Waals surface area (Å²) in [6.45, 7) is 7.28. The highest BCUT2D eigenvalue weighted by molar-refractivity contribution is 7.19. The fourth-order valence-corrected chi connectivity index (χ4v) is 4.46. The second-order valence-corrected chi connectivity index (χ2v) is 7.61. The summed E-state index contributed by atoms with van der Waals surface area (Å²) in [5, 5.41) is 0. The summed E-state index contributed by atoms with van der Waals surface area (Å²) in [6, 6.07) is 10.1. The molecule has 0 unspecified atom stereocenters. The highest BCUT2D eigenvalue weighted by Gasteiger charge is 2.29. The van der Waals surface area contributed by atoms with E-state index in [9.17, 15) is 4.79 Å². The number of rotatable bonds is 2. The van der Waals surface area contributed by atoms with Crippen molar-refractivity contribution >= 4 is 22.2 Å². The molecule has 1 aliphatic rings. The van der Waals surface area contributed by atoms with Crippen LogP contribution in [0.25, 0.3) is 16.2 Å². The first-order valence-electron chi connectivity index (χ1n) is 8.51. The number of aryl methyl sites for hydroxylation is 1. The lowest BCUT2D eigenvalue weighted by molar-refractivity contribution is -0.0585. The van der Waals surface area contributed by atoms with Crippen LogP contribution in [0.2, 0.25) is 0 Å². The average molecular weight is 355 g/mol. The lowest BCUT2D eigenvalue weighted by atomic mass is 10.2. The van der Waals surface area contributed by atoms with Gasteiger partial charge < -0.3 is 9.64 Å². The van der Waals surface area contributed by atoms with Gasteiger partial charge in [0.05, 0.1) is 17.9 Å². The van der Waals surface area contributed by atoms with Crippen LogP contribution in [0.15, 0.2) is 36.5 Å². The summed E-state index contributed by atoms with van der Waals surface area (Å²) in [5.74, 6) is 0.0799. The largest absolute Gasteiger partial charge is 0.372 e. The number of hydrogen-bond donors (Lipinski definition) is 0.